The molecule has 31 heavy (non-hydrogen) atoms. The minimum Gasteiger partial charge on any atom is -0.398 e. The summed E-state index contributed by atoms with van der Waals surface area (Å²) in [5.74, 6) is -0.470. The van der Waals surface area contributed by atoms with Gasteiger partial charge in [0, 0.05) is 28.8 Å². The second-order valence-corrected chi connectivity index (χ2v) is 6.88. The Morgan fingerprint density at radius 1 is 1.16 bits per heavy atom. The van der Waals surface area contributed by atoms with Crippen LogP contribution in [0.15, 0.2) is 46.7 Å². The highest BCUT2D eigenvalue weighted by Gasteiger charge is 2.34. The number of likely N-dealkylation sites (N-methyl/N-ethyl adjacent to an activating group) is 1. The lowest BCUT2D eigenvalue weighted by molar-refractivity contribution is -0.137. The number of rotatable bonds is 7. The van der Waals surface area contributed by atoms with E-state index in [0.29, 0.717) is 11.1 Å². The number of oxime groups is 2. The summed E-state index contributed by atoms with van der Waals surface area (Å²) in [5, 5.41) is 10.2. The molecule has 0 saturated carbocycles. The molecule has 2 aromatic carbocycles. The van der Waals surface area contributed by atoms with E-state index in [1.165, 1.54) is 27.1 Å². The zero-order valence-corrected chi connectivity index (χ0v) is 18.1. The summed E-state index contributed by atoms with van der Waals surface area (Å²) in [7, 11) is 2.77. The third kappa shape index (κ3) is 5.97. The number of halogens is 4. The van der Waals surface area contributed by atoms with Crippen LogP contribution in [0.3, 0.4) is 0 Å². The molecule has 0 aromatic heterocycles. The first kappa shape index (κ1) is 24.2. The summed E-state index contributed by atoms with van der Waals surface area (Å²) in [4.78, 5) is 22.3. The van der Waals surface area contributed by atoms with Gasteiger partial charge in [-0.25, -0.2) is 0 Å². The van der Waals surface area contributed by atoms with E-state index in [9.17, 15) is 18.0 Å². The van der Waals surface area contributed by atoms with Crippen molar-refractivity contribution in [2.24, 2.45) is 10.3 Å². The Balaban J connectivity index is 2.37. The maximum Gasteiger partial charge on any atom is 0.417 e. The van der Waals surface area contributed by atoms with Crippen molar-refractivity contribution in [3.63, 3.8) is 0 Å². The second kappa shape index (κ2) is 10.3. The van der Waals surface area contributed by atoms with Gasteiger partial charge in [-0.05, 0) is 37.6 Å². The molecule has 0 heterocycles. The van der Waals surface area contributed by atoms with E-state index < -0.39 is 17.6 Å². The molecule has 2 rings (SSSR count). The van der Waals surface area contributed by atoms with Crippen LogP contribution in [0.5, 0.6) is 0 Å². The number of hydrogen-bond donors (Lipinski definition) is 1. The first-order valence-electron chi connectivity index (χ1n) is 9.05. The smallest absolute Gasteiger partial charge is 0.398 e. The van der Waals surface area contributed by atoms with Crippen molar-refractivity contribution in [3.8, 4) is 0 Å². The number of nitrogens with zero attached hydrogens (tertiary/aromatic N) is 2. The van der Waals surface area contributed by atoms with Crippen LogP contribution >= 0.6 is 11.6 Å². The molecule has 0 spiro atoms. The minimum atomic E-state index is -4.57. The van der Waals surface area contributed by atoms with Gasteiger partial charge in [-0.1, -0.05) is 40.1 Å². The van der Waals surface area contributed by atoms with Gasteiger partial charge < -0.3 is 15.0 Å². The van der Waals surface area contributed by atoms with Crippen molar-refractivity contribution >= 4 is 28.9 Å². The summed E-state index contributed by atoms with van der Waals surface area (Å²) in [6.07, 6.45) is -4.57. The van der Waals surface area contributed by atoms with E-state index in [2.05, 4.69) is 15.6 Å². The first-order chi connectivity index (χ1) is 14.6. The van der Waals surface area contributed by atoms with Crippen molar-refractivity contribution in [1.29, 1.82) is 0 Å². The number of benzene rings is 2. The van der Waals surface area contributed by atoms with Crippen molar-refractivity contribution in [1.82, 2.24) is 5.32 Å². The molecule has 6 nitrogen and oxygen atoms in total. The van der Waals surface area contributed by atoms with Gasteiger partial charge in [-0.2, -0.15) is 13.2 Å². The molecular weight excluding hydrogens is 435 g/mol. The Morgan fingerprint density at radius 3 is 2.48 bits per heavy atom. The fraction of sp³-hybridized carbons (Fsp3) is 0.286. The molecule has 0 aliphatic rings. The number of hydrogen-bond acceptors (Lipinski definition) is 5. The van der Waals surface area contributed by atoms with Crippen LogP contribution in [0.25, 0.3) is 0 Å². The highest BCUT2D eigenvalue weighted by molar-refractivity contribution is 6.45. The monoisotopic (exact) mass is 455 g/mol. The Bertz CT molecular complexity index is 1020. The van der Waals surface area contributed by atoms with Gasteiger partial charge in [0.25, 0.3) is 5.91 Å². The lowest BCUT2D eigenvalue weighted by atomic mass is 9.98. The van der Waals surface area contributed by atoms with Gasteiger partial charge in [0.05, 0.1) is 11.3 Å². The number of alkyl halides is 3. The first-order valence-corrected chi connectivity index (χ1v) is 9.43. The van der Waals surface area contributed by atoms with Gasteiger partial charge in [-0.3, -0.25) is 4.79 Å². The Morgan fingerprint density at radius 2 is 1.87 bits per heavy atom. The summed E-state index contributed by atoms with van der Waals surface area (Å²) in [5.41, 5.74) is 0.791. The van der Waals surface area contributed by atoms with Gasteiger partial charge in [0.2, 0.25) is 0 Å². The van der Waals surface area contributed by atoms with E-state index >= 15 is 0 Å². The quantitative estimate of drug-likeness (QED) is 0.485. The third-order valence-corrected chi connectivity index (χ3v) is 4.61. The van der Waals surface area contributed by atoms with Crippen LogP contribution in [0.2, 0.25) is 5.02 Å². The fourth-order valence-corrected chi connectivity index (χ4v) is 3.02. The van der Waals surface area contributed by atoms with Crippen LogP contribution in [-0.4, -0.2) is 31.5 Å². The largest absolute Gasteiger partial charge is 0.417 e. The van der Waals surface area contributed by atoms with E-state index in [-0.39, 0.29) is 28.6 Å². The number of aryl methyl sites for hydroxylation is 1. The normalized spacial score (nSPS) is 12.5. The summed E-state index contributed by atoms with van der Waals surface area (Å²) < 4.78 is 39.9. The molecule has 10 heteroatoms. The molecule has 0 fully saturated rings. The SMILES string of the molecule is CNC(=O)/C(=N/OC)c1cccc(C)c1CO/N=C(\C)c1cc(Cl)ccc1C(F)(F)F. The predicted octanol–water partition coefficient (Wildman–Crippen LogP) is 4.70. The van der Waals surface area contributed by atoms with E-state index in [1.807, 2.05) is 0 Å². The van der Waals surface area contributed by atoms with Crippen molar-refractivity contribution in [3.05, 3.63) is 69.2 Å². The molecule has 1 N–H and O–H groups in total. The molecule has 0 saturated heterocycles. The van der Waals surface area contributed by atoms with Crippen LogP contribution in [0.4, 0.5) is 13.2 Å². The maximum atomic E-state index is 13.3. The molecule has 166 valence electrons. The fourth-order valence-electron chi connectivity index (χ4n) is 2.84. The van der Waals surface area contributed by atoms with E-state index in [1.54, 1.807) is 25.1 Å². The van der Waals surface area contributed by atoms with Gasteiger partial charge in [0.15, 0.2) is 5.71 Å². The van der Waals surface area contributed by atoms with Crippen molar-refractivity contribution < 1.29 is 27.6 Å². The Labute approximate surface area is 182 Å². The molecular formula is C21H21ClF3N3O3. The number of amides is 1. The second-order valence-electron chi connectivity index (χ2n) is 6.44. The molecule has 0 atom stereocenters. The van der Waals surface area contributed by atoms with E-state index in [4.69, 9.17) is 21.3 Å². The van der Waals surface area contributed by atoms with Gasteiger partial charge in [0.1, 0.15) is 13.7 Å². The lowest BCUT2D eigenvalue weighted by Crippen LogP contribution is -2.29. The number of nitrogens with one attached hydrogen (secondary N) is 1. The van der Waals surface area contributed by atoms with Crippen LogP contribution in [0.1, 0.15) is 34.7 Å². The van der Waals surface area contributed by atoms with Crippen LogP contribution in [0, 0.1) is 6.92 Å². The molecule has 0 radical (unpaired) electrons. The summed E-state index contributed by atoms with van der Waals surface area (Å²) >= 11 is 5.86. The lowest BCUT2D eigenvalue weighted by Gasteiger charge is -2.14. The van der Waals surface area contributed by atoms with Crippen LogP contribution < -0.4 is 5.32 Å². The summed E-state index contributed by atoms with van der Waals surface area (Å²) in [6.45, 7) is 3.08. The Hall–Kier alpha value is -3.07. The molecule has 0 aliphatic heterocycles. The standard InChI is InChI=1S/C21H21ClF3N3O3/c1-12-6-5-7-15(19(28-30-4)20(29)26-3)17(12)11-31-27-13(2)16-10-14(22)8-9-18(16)21(23,24)25/h5-10H,11H2,1-4H3,(H,26,29)/b27-13+,28-19+. The summed E-state index contributed by atoms with van der Waals surface area (Å²) in [6, 6.07) is 8.43. The zero-order valence-electron chi connectivity index (χ0n) is 17.3. The van der Waals surface area contributed by atoms with Gasteiger partial charge in [-0.15, -0.1) is 0 Å². The van der Waals surface area contributed by atoms with Crippen molar-refractivity contribution in [2.45, 2.75) is 26.6 Å². The van der Waals surface area contributed by atoms with Crippen molar-refractivity contribution in [2.75, 3.05) is 14.2 Å². The molecule has 0 aliphatic carbocycles. The Kier molecular flexibility index (Phi) is 8.04. The van der Waals surface area contributed by atoms with Crippen LogP contribution in [-0.2, 0) is 27.3 Å². The molecule has 1 amide bonds. The average molecular weight is 456 g/mol. The highest BCUT2D eigenvalue weighted by Crippen LogP contribution is 2.33. The molecule has 0 unspecified atom stereocenters. The number of carbonyl (C=O) groups excluding carboxylic acids is 1. The number of carbonyl (C=O) groups is 1. The predicted molar refractivity (Wildman–Crippen MR) is 112 cm³/mol. The van der Waals surface area contributed by atoms with Gasteiger partial charge >= 0.3 is 6.18 Å². The minimum absolute atomic E-state index is 0.00189. The van der Waals surface area contributed by atoms with E-state index in [0.717, 1.165) is 17.7 Å². The zero-order chi connectivity index (χ0) is 23.2. The molecule has 2 aromatic rings. The molecule has 0 bridgehead atoms. The average Bonchev–Trinajstić information content (AvgIpc) is 2.71. The third-order valence-electron chi connectivity index (χ3n) is 4.38. The maximum absolute atomic E-state index is 13.3. The highest BCUT2D eigenvalue weighted by atomic mass is 35.5. The topological polar surface area (TPSA) is 72.3 Å².